The van der Waals surface area contributed by atoms with Crippen LogP contribution in [0.1, 0.15) is 43.7 Å². The minimum absolute atomic E-state index is 0.0401. The Bertz CT molecular complexity index is 920. The van der Waals surface area contributed by atoms with E-state index in [1.807, 2.05) is 0 Å². The van der Waals surface area contributed by atoms with Crippen LogP contribution in [-0.4, -0.2) is 28.8 Å². The number of amides is 2. The van der Waals surface area contributed by atoms with Crippen LogP contribution in [0.15, 0.2) is 36.4 Å². The predicted molar refractivity (Wildman–Crippen MR) is 127 cm³/mol. The van der Waals surface area contributed by atoms with Gasteiger partial charge in [0.1, 0.15) is 6.04 Å². The van der Waals surface area contributed by atoms with Gasteiger partial charge in [-0.25, -0.2) is 0 Å². The lowest BCUT2D eigenvalue weighted by molar-refractivity contribution is -0.140. The summed E-state index contributed by atoms with van der Waals surface area (Å²) in [5.41, 5.74) is 1.11. The van der Waals surface area contributed by atoms with Gasteiger partial charge in [-0.15, -0.1) is 0 Å². The first kappa shape index (κ1) is 24.2. The molecule has 1 saturated carbocycles. The fraction of sp³-hybridized carbons (Fsp3) is 0.391. The zero-order valence-electron chi connectivity index (χ0n) is 17.1. The van der Waals surface area contributed by atoms with E-state index in [1.54, 1.807) is 43.3 Å². The van der Waals surface area contributed by atoms with E-state index in [9.17, 15) is 9.59 Å². The van der Waals surface area contributed by atoms with Crippen LogP contribution < -0.4 is 5.32 Å². The predicted octanol–water partition coefficient (Wildman–Crippen LogP) is 6.32. The van der Waals surface area contributed by atoms with Crippen LogP contribution in [0.2, 0.25) is 20.1 Å². The highest BCUT2D eigenvalue weighted by molar-refractivity contribution is 6.36. The maximum atomic E-state index is 13.4. The molecule has 0 saturated heterocycles. The fourth-order valence-electron chi connectivity index (χ4n) is 3.78. The van der Waals surface area contributed by atoms with Gasteiger partial charge < -0.3 is 10.2 Å². The molecule has 0 aromatic heterocycles. The zero-order valence-corrected chi connectivity index (χ0v) is 20.2. The first-order valence-corrected chi connectivity index (χ1v) is 11.7. The maximum Gasteiger partial charge on any atom is 0.242 e. The first-order valence-electron chi connectivity index (χ1n) is 10.2. The number of carbonyl (C=O) groups excluding carboxylic acids is 2. The van der Waals surface area contributed by atoms with Gasteiger partial charge in [-0.3, -0.25) is 9.59 Å². The standard InChI is InChI=1S/C23H24Cl4N2O2/c1-14(23(31)28-15-6-2-3-7-15)29(13-17-20(26)10-5-11-21(17)27)22(30)12-16-18(24)8-4-9-19(16)25/h4-5,8-11,14-15H,2-3,6-7,12-13H2,1H3,(H,28,31). The SMILES string of the molecule is CC(C(=O)NC1CCCC1)N(Cc1c(Cl)cccc1Cl)C(=O)Cc1c(Cl)cccc1Cl. The van der Waals surface area contributed by atoms with Crippen molar-refractivity contribution in [3.8, 4) is 0 Å². The van der Waals surface area contributed by atoms with Gasteiger partial charge in [-0.2, -0.15) is 0 Å². The van der Waals surface area contributed by atoms with Crippen molar-refractivity contribution in [2.24, 2.45) is 0 Å². The number of hydrogen-bond donors (Lipinski definition) is 1. The molecule has 0 bridgehead atoms. The van der Waals surface area contributed by atoms with E-state index in [2.05, 4.69) is 5.32 Å². The van der Waals surface area contributed by atoms with Crippen molar-refractivity contribution in [2.45, 2.75) is 57.7 Å². The number of hydrogen-bond acceptors (Lipinski definition) is 2. The highest BCUT2D eigenvalue weighted by Crippen LogP contribution is 2.29. The van der Waals surface area contributed by atoms with Crippen LogP contribution in [-0.2, 0) is 22.6 Å². The Labute approximate surface area is 202 Å². The van der Waals surface area contributed by atoms with Crippen molar-refractivity contribution in [3.63, 3.8) is 0 Å². The largest absolute Gasteiger partial charge is 0.352 e. The van der Waals surface area contributed by atoms with Crippen LogP contribution >= 0.6 is 46.4 Å². The molecular formula is C23H24Cl4N2O2. The summed E-state index contributed by atoms with van der Waals surface area (Å²) in [6, 6.07) is 9.66. The molecule has 1 aliphatic carbocycles. The number of halogens is 4. The number of nitrogens with zero attached hydrogens (tertiary/aromatic N) is 1. The molecule has 3 rings (SSSR count). The normalized spacial score (nSPS) is 15.0. The number of carbonyl (C=O) groups is 2. The van der Waals surface area contributed by atoms with Crippen molar-refractivity contribution in [2.75, 3.05) is 0 Å². The average Bonchev–Trinajstić information content (AvgIpc) is 3.23. The molecule has 2 amide bonds. The van der Waals surface area contributed by atoms with Crippen LogP contribution in [0.4, 0.5) is 0 Å². The summed E-state index contributed by atoms with van der Waals surface area (Å²) in [7, 11) is 0. The van der Waals surface area contributed by atoms with Crippen molar-refractivity contribution >= 4 is 58.2 Å². The van der Waals surface area contributed by atoms with Crippen LogP contribution in [0.25, 0.3) is 0 Å². The Morgan fingerprint density at radius 2 is 1.42 bits per heavy atom. The van der Waals surface area contributed by atoms with Crippen molar-refractivity contribution in [1.29, 1.82) is 0 Å². The lowest BCUT2D eigenvalue weighted by Crippen LogP contribution is -2.50. The molecule has 1 unspecified atom stereocenters. The fourth-order valence-corrected chi connectivity index (χ4v) is 4.83. The lowest BCUT2D eigenvalue weighted by atomic mass is 10.1. The van der Waals surface area contributed by atoms with E-state index in [0.29, 0.717) is 31.2 Å². The number of benzene rings is 2. The zero-order chi connectivity index (χ0) is 22.5. The van der Waals surface area contributed by atoms with Crippen LogP contribution in [0.3, 0.4) is 0 Å². The van der Waals surface area contributed by atoms with Gasteiger partial charge in [0.15, 0.2) is 0 Å². The second-order valence-electron chi connectivity index (χ2n) is 7.76. The molecule has 0 heterocycles. The summed E-state index contributed by atoms with van der Waals surface area (Å²) in [5, 5.41) is 4.74. The average molecular weight is 502 g/mol. The van der Waals surface area contributed by atoms with E-state index in [4.69, 9.17) is 46.4 Å². The Balaban J connectivity index is 1.87. The molecule has 1 atom stereocenters. The van der Waals surface area contributed by atoms with E-state index in [1.165, 1.54) is 4.90 Å². The molecule has 0 spiro atoms. The molecule has 1 aliphatic rings. The second-order valence-corrected chi connectivity index (χ2v) is 9.39. The molecule has 2 aromatic carbocycles. The molecule has 2 aromatic rings. The maximum absolute atomic E-state index is 13.4. The third-order valence-corrected chi connectivity index (χ3v) is 7.07. The number of nitrogens with one attached hydrogen (secondary N) is 1. The second kappa shape index (κ2) is 10.9. The Morgan fingerprint density at radius 3 is 1.94 bits per heavy atom. The van der Waals surface area contributed by atoms with Gasteiger partial charge in [0.25, 0.3) is 0 Å². The summed E-state index contributed by atoms with van der Waals surface area (Å²) < 4.78 is 0. The smallest absolute Gasteiger partial charge is 0.242 e. The van der Waals surface area contributed by atoms with Gasteiger partial charge in [0, 0.05) is 38.2 Å². The van der Waals surface area contributed by atoms with Gasteiger partial charge >= 0.3 is 0 Å². The van der Waals surface area contributed by atoms with Crippen molar-refractivity contribution < 1.29 is 9.59 Å². The lowest BCUT2D eigenvalue weighted by Gasteiger charge is -2.30. The minimum Gasteiger partial charge on any atom is -0.352 e. The summed E-state index contributed by atoms with van der Waals surface area (Å²) in [6.45, 7) is 1.81. The highest BCUT2D eigenvalue weighted by Gasteiger charge is 2.30. The summed E-state index contributed by atoms with van der Waals surface area (Å²) >= 11 is 25.2. The summed E-state index contributed by atoms with van der Waals surface area (Å²) in [5.74, 6) is -0.492. The van der Waals surface area contributed by atoms with Crippen molar-refractivity contribution in [1.82, 2.24) is 10.2 Å². The third-order valence-electron chi connectivity index (χ3n) is 5.65. The molecule has 166 valence electrons. The Kier molecular flexibility index (Phi) is 8.51. The molecule has 1 N–H and O–H groups in total. The van der Waals surface area contributed by atoms with Gasteiger partial charge in [0.05, 0.1) is 6.42 Å². The highest BCUT2D eigenvalue weighted by atomic mass is 35.5. The Hall–Kier alpha value is -1.46. The third kappa shape index (κ3) is 6.07. The van der Waals surface area contributed by atoms with Gasteiger partial charge in [-0.05, 0) is 49.6 Å². The first-order chi connectivity index (χ1) is 14.8. The molecule has 1 fully saturated rings. The van der Waals surface area contributed by atoms with Crippen LogP contribution in [0.5, 0.6) is 0 Å². The molecule has 0 aliphatic heterocycles. The molecule has 8 heteroatoms. The number of rotatable bonds is 7. The summed E-state index contributed by atoms with van der Waals surface area (Å²) in [4.78, 5) is 27.8. The molecule has 0 radical (unpaired) electrons. The Morgan fingerprint density at radius 1 is 0.935 bits per heavy atom. The monoisotopic (exact) mass is 500 g/mol. The van der Waals surface area contributed by atoms with E-state index >= 15 is 0 Å². The van der Waals surface area contributed by atoms with Gasteiger partial charge in [-0.1, -0.05) is 71.4 Å². The molecule has 31 heavy (non-hydrogen) atoms. The summed E-state index contributed by atoms with van der Waals surface area (Å²) in [6.07, 6.45) is 4.07. The van der Waals surface area contributed by atoms with E-state index < -0.39 is 6.04 Å². The molecule has 4 nitrogen and oxygen atoms in total. The van der Waals surface area contributed by atoms with E-state index in [0.717, 1.165) is 25.7 Å². The van der Waals surface area contributed by atoms with Crippen LogP contribution in [0, 0.1) is 0 Å². The molecular weight excluding hydrogens is 478 g/mol. The topological polar surface area (TPSA) is 49.4 Å². The quantitative estimate of drug-likeness (QED) is 0.482. The minimum atomic E-state index is -0.721. The van der Waals surface area contributed by atoms with E-state index in [-0.39, 0.29) is 30.8 Å². The van der Waals surface area contributed by atoms with Crippen molar-refractivity contribution in [3.05, 3.63) is 67.6 Å². The van der Waals surface area contributed by atoms with Gasteiger partial charge in [0.2, 0.25) is 11.8 Å².